The van der Waals surface area contributed by atoms with Gasteiger partial charge < -0.3 is 10.4 Å². The highest BCUT2D eigenvalue weighted by molar-refractivity contribution is 7.92. The van der Waals surface area contributed by atoms with Crippen LogP contribution in [-0.2, 0) is 28.4 Å². The van der Waals surface area contributed by atoms with Gasteiger partial charge in [0.25, 0.3) is 0 Å². The number of para-hydroxylation sites is 1. The number of hydrogen-bond acceptors (Lipinski definition) is 4. The molecule has 1 aromatic heterocycles. The van der Waals surface area contributed by atoms with Crippen LogP contribution in [0.15, 0.2) is 36.9 Å². The SMILES string of the molecule is CC(=O)Nc1cccc(O)c1NS(=O)(=O)CCCn1cc[n+](C)c1. The van der Waals surface area contributed by atoms with Crippen LogP contribution in [-0.4, -0.2) is 29.8 Å². The Kier molecular flexibility index (Phi) is 5.45. The summed E-state index contributed by atoms with van der Waals surface area (Å²) in [5, 5.41) is 12.4. The number of sulfonamides is 1. The van der Waals surface area contributed by atoms with Crippen LogP contribution >= 0.6 is 0 Å². The molecular weight excluding hydrogens is 332 g/mol. The van der Waals surface area contributed by atoms with E-state index in [0.717, 1.165) is 0 Å². The van der Waals surface area contributed by atoms with E-state index in [1.54, 1.807) is 0 Å². The Morgan fingerprint density at radius 3 is 2.75 bits per heavy atom. The lowest BCUT2D eigenvalue weighted by Gasteiger charge is -2.14. The van der Waals surface area contributed by atoms with Gasteiger partial charge in [-0.3, -0.25) is 9.52 Å². The van der Waals surface area contributed by atoms with Gasteiger partial charge in [0, 0.05) is 13.3 Å². The number of benzene rings is 1. The number of phenolic OH excluding ortho intramolecular Hbond substituents is 1. The highest BCUT2D eigenvalue weighted by atomic mass is 32.2. The van der Waals surface area contributed by atoms with Gasteiger partial charge in [-0.15, -0.1) is 0 Å². The average molecular weight is 353 g/mol. The maximum Gasteiger partial charge on any atom is 0.243 e. The van der Waals surface area contributed by atoms with Crippen LogP contribution in [0.4, 0.5) is 11.4 Å². The van der Waals surface area contributed by atoms with Gasteiger partial charge in [-0.05, 0) is 12.1 Å². The summed E-state index contributed by atoms with van der Waals surface area (Å²) in [7, 11) is -1.77. The second-order valence-electron chi connectivity index (χ2n) is 5.47. The molecule has 0 spiro atoms. The minimum atomic E-state index is -3.66. The van der Waals surface area contributed by atoms with Gasteiger partial charge in [-0.25, -0.2) is 17.6 Å². The van der Waals surface area contributed by atoms with Crippen LogP contribution < -0.4 is 14.6 Å². The summed E-state index contributed by atoms with van der Waals surface area (Å²) >= 11 is 0. The summed E-state index contributed by atoms with van der Waals surface area (Å²) < 4.78 is 30.6. The van der Waals surface area contributed by atoms with Crippen molar-refractivity contribution in [2.75, 3.05) is 15.8 Å². The summed E-state index contributed by atoms with van der Waals surface area (Å²) in [6.07, 6.45) is 6.00. The highest BCUT2D eigenvalue weighted by Crippen LogP contribution is 2.32. The van der Waals surface area contributed by atoms with Gasteiger partial charge in [-0.2, -0.15) is 0 Å². The van der Waals surface area contributed by atoms with E-state index < -0.39 is 10.0 Å². The molecule has 2 rings (SSSR count). The van der Waals surface area contributed by atoms with Gasteiger partial charge in [0.15, 0.2) is 0 Å². The Morgan fingerprint density at radius 1 is 1.38 bits per heavy atom. The lowest BCUT2D eigenvalue weighted by molar-refractivity contribution is -0.671. The predicted molar refractivity (Wildman–Crippen MR) is 90.0 cm³/mol. The molecule has 0 radical (unpaired) electrons. The van der Waals surface area contributed by atoms with E-state index in [4.69, 9.17) is 0 Å². The van der Waals surface area contributed by atoms with E-state index in [1.807, 2.05) is 34.9 Å². The van der Waals surface area contributed by atoms with Gasteiger partial charge in [-0.1, -0.05) is 6.07 Å². The molecule has 0 bridgehead atoms. The van der Waals surface area contributed by atoms with Crippen LogP contribution in [0.1, 0.15) is 13.3 Å². The van der Waals surface area contributed by atoms with Crippen molar-refractivity contribution in [2.45, 2.75) is 19.9 Å². The molecule has 8 nitrogen and oxygen atoms in total. The van der Waals surface area contributed by atoms with Crippen molar-refractivity contribution >= 4 is 27.3 Å². The first-order valence-electron chi connectivity index (χ1n) is 7.38. The summed E-state index contributed by atoms with van der Waals surface area (Å²) in [5.74, 6) is -0.716. The van der Waals surface area contributed by atoms with E-state index in [0.29, 0.717) is 13.0 Å². The first-order valence-corrected chi connectivity index (χ1v) is 9.03. The van der Waals surface area contributed by atoms with Crippen LogP contribution in [0.5, 0.6) is 5.75 Å². The number of phenols is 1. The molecule has 0 saturated heterocycles. The van der Waals surface area contributed by atoms with E-state index >= 15 is 0 Å². The summed E-state index contributed by atoms with van der Waals surface area (Å²) in [6.45, 7) is 1.86. The van der Waals surface area contributed by atoms with E-state index in [1.165, 1.54) is 25.1 Å². The molecule has 2 aromatic rings. The third-order valence-corrected chi connectivity index (χ3v) is 4.61. The Balaban J connectivity index is 2.04. The Hall–Kier alpha value is -2.55. The highest BCUT2D eigenvalue weighted by Gasteiger charge is 2.17. The molecule has 0 aliphatic heterocycles. The Bertz CT molecular complexity index is 830. The maximum absolute atomic E-state index is 12.2. The first kappa shape index (κ1) is 17.8. The second-order valence-corrected chi connectivity index (χ2v) is 7.31. The minimum Gasteiger partial charge on any atom is -0.506 e. The van der Waals surface area contributed by atoms with Crippen molar-refractivity contribution in [3.63, 3.8) is 0 Å². The number of hydrogen-bond donors (Lipinski definition) is 3. The van der Waals surface area contributed by atoms with Crippen LogP contribution in [0, 0.1) is 0 Å². The number of carbonyl (C=O) groups excluding carboxylic acids is 1. The lowest BCUT2D eigenvalue weighted by Crippen LogP contribution is -2.24. The fourth-order valence-electron chi connectivity index (χ4n) is 2.22. The normalized spacial score (nSPS) is 11.2. The van der Waals surface area contributed by atoms with Crippen molar-refractivity contribution in [3.05, 3.63) is 36.9 Å². The molecule has 1 amide bonds. The van der Waals surface area contributed by atoms with Crippen molar-refractivity contribution in [1.82, 2.24) is 4.57 Å². The van der Waals surface area contributed by atoms with Crippen LogP contribution in [0.25, 0.3) is 0 Å². The summed E-state index contributed by atoms with van der Waals surface area (Å²) in [5.41, 5.74) is 0.184. The second kappa shape index (κ2) is 7.35. The number of nitrogens with zero attached hydrogens (tertiary/aromatic N) is 2. The fourth-order valence-corrected chi connectivity index (χ4v) is 3.36. The topological polar surface area (TPSA) is 104 Å². The summed E-state index contributed by atoms with van der Waals surface area (Å²) in [6, 6.07) is 4.38. The van der Waals surface area contributed by atoms with E-state index in [-0.39, 0.29) is 28.8 Å². The molecule has 24 heavy (non-hydrogen) atoms. The molecule has 0 fully saturated rings. The zero-order chi connectivity index (χ0) is 17.7. The quantitative estimate of drug-likeness (QED) is 0.506. The lowest BCUT2D eigenvalue weighted by atomic mass is 10.2. The third-order valence-electron chi connectivity index (χ3n) is 3.26. The van der Waals surface area contributed by atoms with E-state index in [2.05, 4.69) is 10.0 Å². The monoisotopic (exact) mass is 353 g/mol. The molecule has 1 heterocycles. The largest absolute Gasteiger partial charge is 0.506 e. The Morgan fingerprint density at radius 2 is 2.12 bits per heavy atom. The number of rotatable bonds is 7. The Labute approximate surface area is 140 Å². The van der Waals surface area contributed by atoms with Gasteiger partial charge in [0.05, 0.1) is 25.0 Å². The number of anilines is 2. The molecule has 1 aromatic carbocycles. The number of nitrogens with one attached hydrogen (secondary N) is 2. The van der Waals surface area contributed by atoms with Crippen LogP contribution in [0.3, 0.4) is 0 Å². The maximum atomic E-state index is 12.2. The molecular formula is C15H21N4O4S+. The van der Waals surface area contributed by atoms with E-state index in [9.17, 15) is 18.3 Å². The number of carbonyl (C=O) groups is 1. The number of imidazole rings is 1. The summed E-state index contributed by atoms with van der Waals surface area (Å²) in [4.78, 5) is 11.2. The molecule has 0 atom stereocenters. The first-order chi connectivity index (χ1) is 11.3. The van der Waals surface area contributed by atoms with Crippen molar-refractivity contribution in [3.8, 4) is 5.75 Å². The number of aromatic nitrogens is 2. The predicted octanol–water partition coefficient (Wildman–Crippen LogP) is 0.809. The standard InChI is InChI=1S/C15H20N4O4S/c1-12(20)16-13-5-3-6-14(21)15(13)17-24(22,23)10-4-7-19-9-8-18(2)11-19/h3,5-6,8-9,11,17H,4,7,10H2,1-2H3,(H-,16,20,21)/p+1. The van der Waals surface area contributed by atoms with Gasteiger partial charge >= 0.3 is 0 Å². The molecule has 0 aliphatic carbocycles. The van der Waals surface area contributed by atoms with Gasteiger partial charge in [0.2, 0.25) is 22.3 Å². The van der Waals surface area contributed by atoms with Crippen molar-refractivity contribution in [1.29, 1.82) is 0 Å². The zero-order valence-corrected chi connectivity index (χ0v) is 14.4. The number of aryl methyl sites for hydroxylation is 2. The number of aromatic hydroxyl groups is 1. The zero-order valence-electron chi connectivity index (χ0n) is 13.6. The minimum absolute atomic E-state index is 0.0277. The fraction of sp³-hybridized carbons (Fsp3) is 0.333. The average Bonchev–Trinajstić information content (AvgIpc) is 2.87. The molecule has 0 unspecified atom stereocenters. The molecule has 130 valence electrons. The smallest absolute Gasteiger partial charge is 0.243 e. The van der Waals surface area contributed by atoms with Crippen molar-refractivity contribution in [2.24, 2.45) is 7.05 Å². The number of amides is 1. The molecule has 0 saturated carbocycles. The molecule has 3 N–H and O–H groups in total. The van der Waals surface area contributed by atoms with Crippen LogP contribution in [0.2, 0.25) is 0 Å². The van der Waals surface area contributed by atoms with Gasteiger partial charge in [0.1, 0.15) is 23.8 Å². The van der Waals surface area contributed by atoms with Crippen molar-refractivity contribution < 1.29 is 22.9 Å². The third kappa shape index (κ3) is 4.98. The molecule has 9 heteroatoms. The molecule has 0 aliphatic rings.